The summed E-state index contributed by atoms with van der Waals surface area (Å²) >= 11 is 0. The summed E-state index contributed by atoms with van der Waals surface area (Å²) in [6, 6.07) is 14.2. The van der Waals surface area contributed by atoms with E-state index >= 15 is 0 Å². The molecule has 0 saturated heterocycles. The van der Waals surface area contributed by atoms with Crippen molar-refractivity contribution in [3.8, 4) is 6.07 Å². The molecule has 1 heterocycles. The van der Waals surface area contributed by atoms with Gasteiger partial charge in [0.25, 0.3) is 0 Å². The summed E-state index contributed by atoms with van der Waals surface area (Å²) in [5, 5.41) is 9.42. The van der Waals surface area contributed by atoms with Gasteiger partial charge in [0.2, 0.25) is 0 Å². The van der Waals surface area contributed by atoms with Crippen LogP contribution in [0.5, 0.6) is 0 Å². The average Bonchev–Trinajstić information content (AvgIpc) is 2.89. The Morgan fingerprint density at radius 2 is 1.79 bits per heavy atom. The van der Waals surface area contributed by atoms with Crippen LogP contribution in [0, 0.1) is 11.3 Å². The number of para-hydroxylation sites is 2. The van der Waals surface area contributed by atoms with Crippen molar-refractivity contribution in [2.24, 2.45) is 7.05 Å². The van der Waals surface area contributed by atoms with Crippen LogP contribution in [0.4, 0.5) is 13.2 Å². The first-order chi connectivity index (χ1) is 11.4. The molecule has 24 heavy (non-hydrogen) atoms. The molecule has 3 rings (SSSR count). The SMILES string of the molecule is Cn1c(/C(C#N)=C/c2ccc(C(F)(F)F)cc2)nc2ccccc21. The van der Waals surface area contributed by atoms with Crippen molar-refractivity contribution in [1.82, 2.24) is 9.55 Å². The Hall–Kier alpha value is -3.07. The molecule has 0 N–H and O–H groups in total. The van der Waals surface area contributed by atoms with Crippen LogP contribution in [0.1, 0.15) is 17.0 Å². The predicted octanol–water partition coefficient (Wildman–Crippen LogP) is 4.66. The second-order valence-corrected chi connectivity index (χ2v) is 5.27. The maximum Gasteiger partial charge on any atom is 0.416 e. The molecular weight excluding hydrogens is 315 g/mol. The van der Waals surface area contributed by atoms with Crippen molar-refractivity contribution in [3.63, 3.8) is 0 Å². The summed E-state index contributed by atoms with van der Waals surface area (Å²) in [5.41, 5.74) is 1.70. The number of nitrogens with zero attached hydrogens (tertiary/aromatic N) is 3. The third kappa shape index (κ3) is 2.88. The lowest BCUT2D eigenvalue weighted by Crippen LogP contribution is -2.04. The molecule has 2 aromatic carbocycles. The highest BCUT2D eigenvalue weighted by atomic mass is 19.4. The Balaban J connectivity index is 2.03. The van der Waals surface area contributed by atoms with Gasteiger partial charge in [-0.3, -0.25) is 0 Å². The molecule has 3 nitrogen and oxygen atoms in total. The molecule has 0 spiro atoms. The number of alkyl halides is 3. The van der Waals surface area contributed by atoms with E-state index < -0.39 is 11.7 Å². The van der Waals surface area contributed by atoms with Crippen molar-refractivity contribution >= 4 is 22.7 Å². The summed E-state index contributed by atoms with van der Waals surface area (Å²) in [7, 11) is 1.79. The lowest BCUT2D eigenvalue weighted by molar-refractivity contribution is -0.137. The van der Waals surface area contributed by atoms with E-state index in [-0.39, 0.29) is 5.57 Å². The van der Waals surface area contributed by atoms with Crippen LogP contribution in [0.15, 0.2) is 48.5 Å². The Kier molecular flexibility index (Phi) is 3.86. The number of imidazole rings is 1. The molecule has 0 unspecified atom stereocenters. The first-order valence-corrected chi connectivity index (χ1v) is 7.11. The number of nitriles is 1. The highest BCUT2D eigenvalue weighted by molar-refractivity contribution is 5.90. The molecule has 0 aliphatic heterocycles. The van der Waals surface area contributed by atoms with E-state index in [0.717, 1.165) is 23.2 Å². The number of rotatable bonds is 2. The first kappa shape index (κ1) is 15.8. The largest absolute Gasteiger partial charge is 0.416 e. The van der Waals surface area contributed by atoms with Crippen LogP contribution in [0.3, 0.4) is 0 Å². The van der Waals surface area contributed by atoms with E-state index in [2.05, 4.69) is 11.1 Å². The fraction of sp³-hybridized carbons (Fsp3) is 0.111. The maximum absolute atomic E-state index is 12.6. The van der Waals surface area contributed by atoms with Gasteiger partial charge in [0.05, 0.1) is 22.2 Å². The van der Waals surface area contributed by atoms with E-state index in [1.54, 1.807) is 11.6 Å². The molecular formula is C18H12F3N3. The average molecular weight is 327 g/mol. The summed E-state index contributed by atoms with van der Waals surface area (Å²) in [5.74, 6) is 0.471. The molecule has 1 aromatic heterocycles. The number of hydrogen-bond acceptors (Lipinski definition) is 2. The second-order valence-electron chi connectivity index (χ2n) is 5.27. The summed E-state index contributed by atoms with van der Waals surface area (Å²) < 4.78 is 39.6. The number of allylic oxidation sites excluding steroid dienone is 1. The molecule has 6 heteroatoms. The maximum atomic E-state index is 12.6. The van der Waals surface area contributed by atoms with Gasteiger partial charge in [0.1, 0.15) is 6.07 Å². The molecule has 0 aliphatic carbocycles. The number of benzene rings is 2. The second kappa shape index (κ2) is 5.85. The number of halogens is 3. The zero-order valence-electron chi connectivity index (χ0n) is 12.7. The van der Waals surface area contributed by atoms with Gasteiger partial charge in [0, 0.05) is 7.05 Å². The van der Waals surface area contributed by atoms with Gasteiger partial charge >= 0.3 is 6.18 Å². The first-order valence-electron chi connectivity index (χ1n) is 7.11. The van der Waals surface area contributed by atoms with E-state index in [1.165, 1.54) is 18.2 Å². The van der Waals surface area contributed by atoms with E-state index in [9.17, 15) is 18.4 Å². The van der Waals surface area contributed by atoms with Crippen molar-refractivity contribution in [1.29, 1.82) is 5.26 Å². The van der Waals surface area contributed by atoms with Crippen LogP contribution in [-0.2, 0) is 13.2 Å². The number of fused-ring (bicyclic) bond motifs is 1. The summed E-state index contributed by atoms with van der Waals surface area (Å²) in [4.78, 5) is 4.43. The van der Waals surface area contributed by atoms with Crippen molar-refractivity contribution in [2.45, 2.75) is 6.18 Å². The Morgan fingerprint density at radius 3 is 2.38 bits per heavy atom. The minimum absolute atomic E-state index is 0.286. The van der Waals surface area contributed by atoms with Crippen molar-refractivity contribution < 1.29 is 13.2 Å². The molecule has 0 radical (unpaired) electrons. The number of hydrogen-bond donors (Lipinski definition) is 0. The van der Waals surface area contributed by atoms with Crippen molar-refractivity contribution in [3.05, 3.63) is 65.5 Å². The molecule has 0 bridgehead atoms. The fourth-order valence-electron chi connectivity index (χ4n) is 2.47. The summed E-state index contributed by atoms with van der Waals surface area (Å²) in [6.07, 6.45) is -2.85. The van der Waals surface area contributed by atoms with E-state index in [1.807, 2.05) is 24.3 Å². The van der Waals surface area contributed by atoms with Crippen LogP contribution in [-0.4, -0.2) is 9.55 Å². The van der Waals surface area contributed by atoms with E-state index in [4.69, 9.17) is 0 Å². The van der Waals surface area contributed by atoms with Gasteiger partial charge in [-0.05, 0) is 35.9 Å². The molecule has 0 saturated carbocycles. The van der Waals surface area contributed by atoms with Gasteiger partial charge in [-0.2, -0.15) is 18.4 Å². The lowest BCUT2D eigenvalue weighted by atomic mass is 10.1. The number of aryl methyl sites for hydroxylation is 1. The van der Waals surface area contributed by atoms with Gasteiger partial charge in [0.15, 0.2) is 5.82 Å². The molecule has 0 aliphatic rings. The molecule has 120 valence electrons. The predicted molar refractivity (Wildman–Crippen MR) is 85.6 cm³/mol. The zero-order valence-corrected chi connectivity index (χ0v) is 12.7. The minimum atomic E-state index is -4.38. The van der Waals surface area contributed by atoms with Gasteiger partial charge in [-0.1, -0.05) is 24.3 Å². The van der Waals surface area contributed by atoms with Crippen molar-refractivity contribution in [2.75, 3.05) is 0 Å². The highest BCUT2D eigenvalue weighted by Crippen LogP contribution is 2.29. The Morgan fingerprint density at radius 1 is 1.12 bits per heavy atom. The lowest BCUT2D eigenvalue weighted by Gasteiger charge is -2.06. The van der Waals surface area contributed by atoms with E-state index in [0.29, 0.717) is 11.4 Å². The molecule has 0 atom stereocenters. The fourth-order valence-corrected chi connectivity index (χ4v) is 2.47. The van der Waals surface area contributed by atoms with Crippen LogP contribution in [0.25, 0.3) is 22.7 Å². The number of aromatic nitrogens is 2. The third-order valence-electron chi connectivity index (χ3n) is 3.70. The Labute approximate surface area is 136 Å². The Bertz CT molecular complexity index is 958. The van der Waals surface area contributed by atoms with Crippen LogP contribution >= 0.6 is 0 Å². The monoisotopic (exact) mass is 327 g/mol. The van der Waals surface area contributed by atoms with Crippen LogP contribution in [0.2, 0.25) is 0 Å². The highest BCUT2D eigenvalue weighted by Gasteiger charge is 2.29. The van der Waals surface area contributed by atoms with Gasteiger partial charge in [-0.15, -0.1) is 0 Å². The normalized spacial score (nSPS) is 12.4. The topological polar surface area (TPSA) is 41.6 Å². The quantitative estimate of drug-likeness (QED) is 0.643. The molecule has 0 amide bonds. The third-order valence-corrected chi connectivity index (χ3v) is 3.70. The minimum Gasteiger partial charge on any atom is -0.327 e. The molecule has 0 fully saturated rings. The zero-order chi connectivity index (χ0) is 17.3. The van der Waals surface area contributed by atoms with Gasteiger partial charge < -0.3 is 4.57 Å². The molecule has 3 aromatic rings. The van der Waals surface area contributed by atoms with Gasteiger partial charge in [-0.25, -0.2) is 4.98 Å². The summed E-state index contributed by atoms with van der Waals surface area (Å²) in [6.45, 7) is 0. The van der Waals surface area contributed by atoms with Crippen LogP contribution < -0.4 is 0 Å². The standard InChI is InChI=1S/C18H12F3N3/c1-24-16-5-3-2-4-15(16)23-17(24)13(11-22)10-12-6-8-14(9-7-12)18(19,20)21/h2-10H,1H3/b13-10+. The smallest absolute Gasteiger partial charge is 0.327 e.